The maximum absolute atomic E-state index is 15.0. The van der Waals surface area contributed by atoms with E-state index in [0.29, 0.717) is 24.6 Å². The second-order valence-electron chi connectivity index (χ2n) is 9.53. The Kier molecular flexibility index (Phi) is 10.6. The van der Waals surface area contributed by atoms with Crippen LogP contribution in [0.4, 0.5) is 43.9 Å². The van der Waals surface area contributed by atoms with Crippen LogP contribution in [0.3, 0.4) is 0 Å². The predicted octanol–water partition coefficient (Wildman–Crippen LogP) is 10.9. The van der Waals surface area contributed by atoms with Gasteiger partial charge in [-0.15, -0.1) is 19.8 Å². The Morgan fingerprint density at radius 1 is 0.787 bits per heavy atom. The zero-order valence-electron chi connectivity index (χ0n) is 23.2. The summed E-state index contributed by atoms with van der Waals surface area (Å²) >= 11 is 11.6. The number of hydrogen-bond acceptors (Lipinski definition) is 2. The summed E-state index contributed by atoms with van der Waals surface area (Å²) in [4.78, 5) is 0. The van der Waals surface area contributed by atoms with E-state index in [1.54, 1.807) is 0 Å². The largest absolute Gasteiger partial charge is 0.573 e. The summed E-state index contributed by atoms with van der Waals surface area (Å²) in [6, 6.07) is 4.57. The highest BCUT2D eigenvalue weighted by molar-refractivity contribution is 6.33. The predicted molar refractivity (Wildman–Crippen MR) is 154 cm³/mol. The van der Waals surface area contributed by atoms with Crippen molar-refractivity contribution in [1.82, 2.24) is 0 Å². The highest BCUT2D eigenvalue weighted by Gasteiger charge is 2.41. The van der Waals surface area contributed by atoms with Crippen LogP contribution in [0.25, 0.3) is 11.1 Å². The van der Waals surface area contributed by atoms with Gasteiger partial charge in [0.1, 0.15) is 40.4 Å². The molecule has 2 nitrogen and oxygen atoms in total. The van der Waals surface area contributed by atoms with E-state index in [9.17, 15) is 43.9 Å². The van der Waals surface area contributed by atoms with Gasteiger partial charge >= 0.3 is 12.5 Å². The number of benzene rings is 3. The van der Waals surface area contributed by atoms with Crippen LogP contribution < -0.4 is 4.74 Å². The lowest BCUT2D eigenvalue weighted by molar-refractivity contribution is -0.303. The van der Waals surface area contributed by atoms with Gasteiger partial charge < -0.3 is 9.47 Å². The third kappa shape index (κ3) is 8.83. The van der Waals surface area contributed by atoms with E-state index in [4.69, 9.17) is 23.2 Å². The van der Waals surface area contributed by atoms with Crippen molar-refractivity contribution >= 4 is 23.2 Å². The Hall–Kier alpha value is -4.56. The molecular formula is C33H16Cl2F10O2. The smallest absolute Gasteiger partial charge is 0.429 e. The normalized spacial score (nSPS) is 13.4. The fourth-order valence-corrected chi connectivity index (χ4v) is 4.56. The fraction of sp³-hybridized carbons (Fsp3) is 0.121. The van der Waals surface area contributed by atoms with E-state index < -0.39 is 85.4 Å². The van der Waals surface area contributed by atoms with Crippen LogP contribution in [0, 0.1) is 40.9 Å². The van der Waals surface area contributed by atoms with Crippen LogP contribution in [0.1, 0.15) is 23.1 Å². The van der Waals surface area contributed by atoms with Gasteiger partial charge in [-0.1, -0.05) is 46.8 Å². The second kappa shape index (κ2) is 14.1. The molecule has 4 rings (SSSR count). The lowest BCUT2D eigenvalue weighted by Gasteiger charge is -2.20. The Bertz CT molecular complexity index is 1900. The van der Waals surface area contributed by atoms with Gasteiger partial charge in [0.05, 0.1) is 21.2 Å². The Labute approximate surface area is 270 Å². The highest BCUT2D eigenvalue weighted by atomic mass is 35.5. The molecule has 0 spiro atoms. The first-order valence-corrected chi connectivity index (χ1v) is 13.7. The molecule has 0 saturated carbocycles. The minimum atomic E-state index is -5.11. The van der Waals surface area contributed by atoms with Crippen molar-refractivity contribution < 1.29 is 53.4 Å². The summed E-state index contributed by atoms with van der Waals surface area (Å²) in [6.45, 7) is 3.50. The Morgan fingerprint density at radius 2 is 1.43 bits per heavy atom. The van der Waals surface area contributed by atoms with Crippen LogP contribution in [0.5, 0.6) is 5.75 Å². The van der Waals surface area contributed by atoms with Crippen molar-refractivity contribution in [3.05, 3.63) is 140 Å². The molecule has 0 aromatic heterocycles. The fourth-order valence-electron chi connectivity index (χ4n) is 4.16. The van der Waals surface area contributed by atoms with Crippen LogP contribution >= 0.6 is 23.2 Å². The quantitative estimate of drug-likeness (QED) is 0.101. The Morgan fingerprint density at radius 3 is 2.00 bits per heavy atom. The minimum absolute atomic E-state index is 0.114. The first kappa shape index (κ1) is 35.3. The first-order valence-electron chi connectivity index (χ1n) is 13.0. The van der Waals surface area contributed by atoms with Crippen molar-refractivity contribution in [1.29, 1.82) is 0 Å². The van der Waals surface area contributed by atoms with Gasteiger partial charge in [0, 0.05) is 11.6 Å². The average molecular weight is 705 g/mol. The third-order valence-corrected chi connectivity index (χ3v) is 6.61. The van der Waals surface area contributed by atoms with Crippen LogP contribution in [-0.4, -0.2) is 6.36 Å². The number of hydrogen-bond donors (Lipinski definition) is 0. The molecule has 3 aromatic rings. The zero-order valence-corrected chi connectivity index (χ0v) is 24.8. The third-order valence-electron chi connectivity index (χ3n) is 6.12. The Balaban J connectivity index is 1.56. The molecule has 0 unspecified atom stereocenters. The molecule has 244 valence electrons. The van der Waals surface area contributed by atoms with E-state index in [0.717, 1.165) is 36.4 Å². The topological polar surface area (TPSA) is 18.5 Å². The highest BCUT2D eigenvalue weighted by Crippen LogP contribution is 2.38. The molecule has 0 fully saturated rings. The molecule has 0 bridgehead atoms. The molecule has 47 heavy (non-hydrogen) atoms. The van der Waals surface area contributed by atoms with Crippen molar-refractivity contribution in [2.45, 2.75) is 25.3 Å². The number of allylic oxidation sites excluding steroid dienone is 5. The maximum Gasteiger partial charge on any atom is 0.573 e. The van der Waals surface area contributed by atoms with Crippen molar-refractivity contribution in [3.8, 4) is 28.7 Å². The summed E-state index contributed by atoms with van der Waals surface area (Å²) in [5, 5.41) is -0.989. The molecular weight excluding hydrogens is 689 g/mol. The molecule has 1 aliphatic carbocycles. The van der Waals surface area contributed by atoms with Crippen molar-refractivity contribution in [2.24, 2.45) is 0 Å². The van der Waals surface area contributed by atoms with Crippen LogP contribution in [-0.2, 0) is 17.3 Å². The summed E-state index contributed by atoms with van der Waals surface area (Å²) < 4.78 is 150. The zero-order chi connectivity index (χ0) is 34.7. The van der Waals surface area contributed by atoms with Gasteiger partial charge in [0.25, 0.3) is 0 Å². The number of halogens is 12. The molecule has 1 aliphatic rings. The molecule has 0 N–H and O–H groups in total. The van der Waals surface area contributed by atoms with Gasteiger partial charge in [-0.2, -0.15) is 8.78 Å². The van der Waals surface area contributed by atoms with Gasteiger partial charge in [0.15, 0.2) is 5.76 Å². The molecule has 3 aromatic carbocycles. The monoisotopic (exact) mass is 704 g/mol. The number of alkyl halides is 5. The molecule has 0 heterocycles. The van der Waals surface area contributed by atoms with Crippen molar-refractivity contribution in [3.63, 3.8) is 0 Å². The summed E-state index contributed by atoms with van der Waals surface area (Å²) in [5.41, 5.74) is -1.69. The van der Waals surface area contributed by atoms with E-state index >= 15 is 0 Å². The number of aryl methyl sites for hydroxylation is 1. The maximum atomic E-state index is 15.0. The lowest BCUT2D eigenvalue weighted by atomic mass is 9.98. The van der Waals surface area contributed by atoms with Gasteiger partial charge in [0.2, 0.25) is 0 Å². The van der Waals surface area contributed by atoms with E-state index in [1.165, 1.54) is 6.08 Å². The van der Waals surface area contributed by atoms with Gasteiger partial charge in [-0.25, -0.2) is 22.0 Å². The lowest BCUT2D eigenvalue weighted by Crippen LogP contribution is -2.25. The summed E-state index contributed by atoms with van der Waals surface area (Å²) in [7, 11) is 0. The second-order valence-corrected chi connectivity index (χ2v) is 10.3. The van der Waals surface area contributed by atoms with E-state index in [-0.39, 0.29) is 17.6 Å². The molecule has 0 radical (unpaired) electrons. The minimum Gasteiger partial charge on any atom is -0.429 e. The molecule has 0 aliphatic heterocycles. The molecule has 0 atom stereocenters. The summed E-state index contributed by atoms with van der Waals surface area (Å²) in [6.07, 6.45) is -5.74. The van der Waals surface area contributed by atoms with E-state index in [1.807, 2.05) is 0 Å². The van der Waals surface area contributed by atoms with Gasteiger partial charge in [-0.05, 0) is 72.5 Å². The number of rotatable bonds is 8. The summed E-state index contributed by atoms with van der Waals surface area (Å²) in [5.74, 6) is -4.58. The van der Waals surface area contributed by atoms with Gasteiger partial charge in [-0.3, -0.25) is 0 Å². The average Bonchev–Trinajstić information content (AvgIpc) is 3.06. The number of ether oxygens (including phenoxy) is 2. The molecule has 0 amide bonds. The van der Waals surface area contributed by atoms with Crippen LogP contribution in [0.2, 0.25) is 0 Å². The standard InChI is InChI=1S/C33H16Cl2F10O2/c1-2-3-4-17-11-25(37)30(26(38)12-17)20-13-27(39)31(28(40)14-20)32(41,42)46-22-8-7-19(24(36)16-22)6-5-18-9-21(34)15-29(23(35)10-18)47-33(43,44)45/h2,7-14,16H,1,3-4H2. The molecule has 0 saturated heterocycles. The molecule has 14 heteroatoms. The van der Waals surface area contributed by atoms with E-state index in [2.05, 4.69) is 33.6 Å². The van der Waals surface area contributed by atoms with Crippen LogP contribution in [0.15, 0.2) is 94.4 Å². The van der Waals surface area contributed by atoms with Crippen molar-refractivity contribution in [2.75, 3.05) is 0 Å². The first-order chi connectivity index (χ1) is 22.0. The SMILES string of the molecule is C=CCCc1cc(F)c(-c2cc(F)c(C(F)(F)Oc3ccc(C#CC4=CC(Cl)=C=C(OC(F)(F)F)C(Cl)=C4)c(F)c3)c(F)c2)c(F)c1.